The van der Waals surface area contributed by atoms with Crippen LogP contribution >= 0.6 is 0 Å². The van der Waals surface area contributed by atoms with E-state index in [9.17, 15) is 5.11 Å². The van der Waals surface area contributed by atoms with Crippen LogP contribution in [0.25, 0.3) is 0 Å². The topological polar surface area (TPSA) is 23.5 Å². The Morgan fingerprint density at radius 1 is 1.33 bits per heavy atom. The van der Waals surface area contributed by atoms with Crippen molar-refractivity contribution in [1.82, 2.24) is 4.90 Å². The molecular formula is C10H21NO. The summed E-state index contributed by atoms with van der Waals surface area (Å²) in [5.74, 6) is 0. The summed E-state index contributed by atoms with van der Waals surface area (Å²) in [6, 6.07) is 0.522. The van der Waals surface area contributed by atoms with E-state index in [0.29, 0.717) is 6.04 Å². The first kappa shape index (κ1) is 10.0. The van der Waals surface area contributed by atoms with Crippen molar-refractivity contribution < 1.29 is 5.11 Å². The van der Waals surface area contributed by atoms with Crippen molar-refractivity contribution in [3.63, 3.8) is 0 Å². The van der Waals surface area contributed by atoms with E-state index in [1.54, 1.807) is 0 Å². The van der Waals surface area contributed by atoms with Gasteiger partial charge in [0.2, 0.25) is 0 Å². The van der Waals surface area contributed by atoms with Gasteiger partial charge < -0.3 is 5.11 Å². The average Bonchev–Trinajstić information content (AvgIpc) is 1.83. The molecule has 0 aromatic carbocycles. The number of piperidine rings is 1. The van der Waals surface area contributed by atoms with E-state index in [0.717, 1.165) is 19.4 Å². The zero-order valence-electron chi connectivity index (χ0n) is 8.67. The molecule has 1 aliphatic rings. The van der Waals surface area contributed by atoms with Gasteiger partial charge in [-0.1, -0.05) is 0 Å². The summed E-state index contributed by atoms with van der Waals surface area (Å²) in [5, 5.41) is 9.44. The molecule has 2 heteroatoms. The smallest absolute Gasteiger partial charge is 0.0567 e. The predicted octanol–water partition coefficient (Wildman–Crippen LogP) is 1.63. The second-order valence-electron chi connectivity index (χ2n) is 4.89. The van der Waals surface area contributed by atoms with E-state index in [-0.39, 0.29) is 11.6 Å². The number of aliphatic hydroxyl groups excluding tert-OH is 1. The summed E-state index contributed by atoms with van der Waals surface area (Å²) in [6.07, 6.45) is 1.79. The van der Waals surface area contributed by atoms with E-state index in [4.69, 9.17) is 0 Å². The van der Waals surface area contributed by atoms with E-state index < -0.39 is 0 Å². The van der Waals surface area contributed by atoms with Gasteiger partial charge in [-0.25, -0.2) is 0 Å². The Morgan fingerprint density at radius 3 is 2.33 bits per heavy atom. The first-order valence-corrected chi connectivity index (χ1v) is 4.86. The summed E-state index contributed by atoms with van der Waals surface area (Å²) in [4.78, 5) is 2.47. The Hall–Kier alpha value is -0.0800. The SMILES string of the molecule is CC1CC(O)CCN1C(C)(C)C. The van der Waals surface area contributed by atoms with E-state index in [1.807, 2.05) is 0 Å². The Bertz CT molecular complexity index is 150. The molecule has 1 N–H and O–H groups in total. The fourth-order valence-electron chi connectivity index (χ4n) is 2.14. The molecule has 2 nitrogen and oxygen atoms in total. The number of aliphatic hydroxyl groups is 1. The van der Waals surface area contributed by atoms with Crippen LogP contribution in [0, 0.1) is 0 Å². The third-order valence-electron chi connectivity index (χ3n) is 2.71. The highest BCUT2D eigenvalue weighted by Crippen LogP contribution is 2.25. The van der Waals surface area contributed by atoms with Crippen molar-refractivity contribution in [1.29, 1.82) is 0 Å². The Balaban J connectivity index is 2.57. The molecule has 0 radical (unpaired) electrons. The van der Waals surface area contributed by atoms with Gasteiger partial charge in [0.05, 0.1) is 6.10 Å². The second kappa shape index (κ2) is 3.35. The van der Waals surface area contributed by atoms with Gasteiger partial charge in [0.25, 0.3) is 0 Å². The lowest BCUT2D eigenvalue weighted by Gasteiger charge is -2.44. The minimum Gasteiger partial charge on any atom is -0.393 e. The molecule has 0 aromatic rings. The lowest BCUT2D eigenvalue weighted by Crippen LogP contribution is -2.52. The van der Waals surface area contributed by atoms with Crippen molar-refractivity contribution in [2.45, 2.75) is 58.2 Å². The van der Waals surface area contributed by atoms with Gasteiger partial charge in [0.15, 0.2) is 0 Å². The Morgan fingerprint density at radius 2 is 1.92 bits per heavy atom. The Labute approximate surface area is 75.6 Å². The van der Waals surface area contributed by atoms with E-state index in [2.05, 4.69) is 32.6 Å². The van der Waals surface area contributed by atoms with Gasteiger partial charge in [-0.05, 0) is 40.5 Å². The fraction of sp³-hybridized carbons (Fsp3) is 1.00. The molecule has 2 atom stereocenters. The average molecular weight is 171 g/mol. The van der Waals surface area contributed by atoms with Gasteiger partial charge >= 0.3 is 0 Å². The normalized spacial score (nSPS) is 33.8. The van der Waals surface area contributed by atoms with Crippen molar-refractivity contribution in [2.24, 2.45) is 0 Å². The summed E-state index contributed by atoms with van der Waals surface area (Å²) in [7, 11) is 0. The van der Waals surface area contributed by atoms with E-state index >= 15 is 0 Å². The lowest BCUT2D eigenvalue weighted by molar-refractivity contribution is 0.000143. The van der Waals surface area contributed by atoms with Crippen molar-refractivity contribution in [3.05, 3.63) is 0 Å². The molecule has 1 fully saturated rings. The van der Waals surface area contributed by atoms with Gasteiger partial charge in [-0.2, -0.15) is 0 Å². The summed E-state index contributed by atoms with van der Waals surface area (Å²) >= 11 is 0. The predicted molar refractivity (Wildman–Crippen MR) is 51.2 cm³/mol. The van der Waals surface area contributed by atoms with Crippen LogP contribution in [0.4, 0.5) is 0 Å². The first-order chi connectivity index (χ1) is 5.41. The van der Waals surface area contributed by atoms with Crippen LogP contribution in [0.3, 0.4) is 0 Å². The third-order valence-corrected chi connectivity index (χ3v) is 2.71. The lowest BCUT2D eigenvalue weighted by atomic mass is 9.94. The maximum atomic E-state index is 9.44. The molecule has 12 heavy (non-hydrogen) atoms. The fourth-order valence-corrected chi connectivity index (χ4v) is 2.14. The summed E-state index contributed by atoms with van der Waals surface area (Å²) in [5.41, 5.74) is 0.250. The minimum atomic E-state index is -0.0707. The van der Waals surface area contributed by atoms with Gasteiger partial charge in [0, 0.05) is 18.1 Å². The van der Waals surface area contributed by atoms with Crippen LogP contribution in [-0.2, 0) is 0 Å². The maximum Gasteiger partial charge on any atom is 0.0567 e. The number of hydrogen-bond donors (Lipinski definition) is 1. The summed E-state index contributed by atoms with van der Waals surface area (Å²) in [6.45, 7) is 9.95. The monoisotopic (exact) mass is 171 g/mol. The highest BCUT2D eigenvalue weighted by molar-refractivity contribution is 4.86. The molecule has 0 bridgehead atoms. The van der Waals surface area contributed by atoms with Gasteiger partial charge in [0.1, 0.15) is 0 Å². The van der Waals surface area contributed by atoms with Gasteiger partial charge in [-0.3, -0.25) is 4.90 Å². The van der Waals surface area contributed by atoms with Crippen LogP contribution in [-0.4, -0.2) is 34.2 Å². The molecule has 0 aliphatic carbocycles. The van der Waals surface area contributed by atoms with Crippen LogP contribution < -0.4 is 0 Å². The standard InChI is InChI=1S/C10H21NO/c1-8-7-9(12)5-6-11(8)10(2,3)4/h8-9,12H,5-7H2,1-4H3. The zero-order valence-corrected chi connectivity index (χ0v) is 8.67. The number of rotatable bonds is 0. The maximum absolute atomic E-state index is 9.44. The van der Waals surface area contributed by atoms with Crippen LogP contribution in [0.2, 0.25) is 0 Å². The molecular weight excluding hydrogens is 150 g/mol. The molecule has 1 saturated heterocycles. The quantitative estimate of drug-likeness (QED) is 0.599. The van der Waals surface area contributed by atoms with Crippen LogP contribution in [0.5, 0.6) is 0 Å². The largest absolute Gasteiger partial charge is 0.393 e. The highest BCUT2D eigenvalue weighted by Gasteiger charge is 2.31. The Kier molecular flexibility index (Phi) is 2.79. The van der Waals surface area contributed by atoms with Crippen LogP contribution in [0.1, 0.15) is 40.5 Å². The number of hydrogen-bond acceptors (Lipinski definition) is 2. The number of likely N-dealkylation sites (tertiary alicyclic amines) is 1. The van der Waals surface area contributed by atoms with Gasteiger partial charge in [-0.15, -0.1) is 0 Å². The molecule has 0 spiro atoms. The zero-order chi connectivity index (χ0) is 9.35. The summed E-state index contributed by atoms with van der Waals surface area (Å²) < 4.78 is 0. The van der Waals surface area contributed by atoms with Crippen molar-refractivity contribution >= 4 is 0 Å². The second-order valence-corrected chi connectivity index (χ2v) is 4.89. The molecule has 1 heterocycles. The third kappa shape index (κ3) is 2.20. The molecule has 0 amide bonds. The molecule has 1 aliphatic heterocycles. The van der Waals surface area contributed by atoms with Crippen molar-refractivity contribution in [2.75, 3.05) is 6.54 Å². The molecule has 0 aromatic heterocycles. The molecule has 0 saturated carbocycles. The molecule has 72 valence electrons. The van der Waals surface area contributed by atoms with E-state index in [1.165, 1.54) is 0 Å². The molecule has 2 unspecified atom stereocenters. The molecule has 1 rings (SSSR count). The van der Waals surface area contributed by atoms with Crippen molar-refractivity contribution in [3.8, 4) is 0 Å². The highest BCUT2D eigenvalue weighted by atomic mass is 16.3. The first-order valence-electron chi connectivity index (χ1n) is 4.86. The van der Waals surface area contributed by atoms with Crippen LogP contribution in [0.15, 0.2) is 0 Å². The number of nitrogens with zero attached hydrogens (tertiary/aromatic N) is 1. The minimum absolute atomic E-state index is 0.0707.